The van der Waals surface area contributed by atoms with Crippen molar-refractivity contribution in [3.05, 3.63) is 0 Å². The van der Waals surface area contributed by atoms with E-state index in [1.807, 2.05) is 0 Å². The summed E-state index contributed by atoms with van der Waals surface area (Å²) in [7, 11) is 0. The molecule has 13 heavy (non-hydrogen) atoms. The third-order valence-corrected chi connectivity index (χ3v) is 3.09. The molecule has 2 rings (SSSR count). The van der Waals surface area contributed by atoms with E-state index in [1.165, 1.54) is 19.3 Å². The van der Waals surface area contributed by atoms with Crippen molar-refractivity contribution in [3.63, 3.8) is 0 Å². The minimum absolute atomic E-state index is 0.211. The van der Waals surface area contributed by atoms with E-state index < -0.39 is 0 Å². The topological polar surface area (TPSA) is 58.4 Å². The predicted molar refractivity (Wildman–Crippen MR) is 49.6 cm³/mol. The molecule has 1 atom stereocenters. The zero-order valence-corrected chi connectivity index (χ0v) is 7.83. The molecule has 2 fully saturated rings. The fraction of sp³-hybridized carbons (Fsp3) is 0.889. The van der Waals surface area contributed by atoms with Gasteiger partial charge in [-0.15, -0.1) is 0 Å². The average molecular weight is 183 g/mol. The summed E-state index contributed by atoms with van der Waals surface area (Å²) in [5.74, 6) is 0.939. The van der Waals surface area contributed by atoms with Crippen LogP contribution in [0.2, 0.25) is 0 Å². The van der Waals surface area contributed by atoms with Gasteiger partial charge in [0.2, 0.25) is 5.91 Å². The first kappa shape index (κ1) is 8.97. The molecule has 3 N–H and O–H groups in total. The van der Waals surface area contributed by atoms with E-state index in [0.717, 1.165) is 5.92 Å². The molecule has 0 bridgehead atoms. The van der Waals surface area contributed by atoms with Crippen molar-refractivity contribution >= 4 is 5.91 Å². The highest BCUT2D eigenvalue weighted by atomic mass is 16.2. The molecular formula is C9H17N3O. The average Bonchev–Trinajstić information content (AvgIpc) is 2.30. The monoisotopic (exact) mass is 183 g/mol. The van der Waals surface area contributed by atoms with Crippen LogP contribution in [0.25, 0.3) is 0 Å². The van der Waals surface area contributed by atoms with Gasteiger partial charge >= 0.3 is 0 Å². The number of carbonyl (C=O) groups is 1. The van der Waals surface area contributed by atoms with Gasteiger partial charge in [-0.05, 0) is 18.8 Å². The van der Waals surface area contributed by atoms with Crippen LogP contribution in [0.15, 0.2) is 0 Å². The van der Waals surface area contributed by atoms with Crippen LogP contribution in [0.1, 0.15) is 25.7 Å². The number of amides is 1. The Kier molecular flexibility index (Phi) is 2.51. The summed E-state index contributed by atoms with van der Waals surface area (Å²) in [5, 5.41) is 1.68. The molecule has 4 heteroatoms. The molecule has 0 aromatic carbocycles. The van der Waals surface area contributed by atoms with Gasteiger partial charge in [0.05, 0.1) is 0 Å². The SMILES string of the molecule is NCCN1NC(C2CCC2)CC1=O. The minimum atomic E-state index is 0.211. The van der Waals surface area contributed by atoms with Gasteiger partial charge in [-0.1, -0.05) is 6.42 Å². The van der Waals surface area contributed by atoms with Crippen molar-refractivity contribution in [2.45, 2.75) is 31.7 Å². The fourth-order valence-electron chi connectivity index (χ4n) is 2.05. The first-order valence-corrected chi connectivity index (χ1v) is 5.08. The van der Waals surface area contributed by atoms with E-state index in [1.54, 1.807) is 5.01 Å². The normalized spacial score (nSPS) is 29.5. The van der Waals surface area contributed by atoms with Gasteiger partial charge < -0.3 is 5.73 Å². The number of hydrogen-bond donors (Lipinski definition) is 2. The van der Waals surface area contributed by atoms with Crippen molar-refractivity contribution in [2.24, 2.45) is 11.7 Å². The number of hydrazine groups is 1. The van der Waals surface area contributed by atoms with E-state index >= 15 is 0 Å². The van der Waals surface area contributed by atoms with Crippen LogP contribution >= 0.6 is 0 Å². The highest BCUT2D eigenvalue weighted by molar-refractivity contribution is 5.78. The maximum Gasteiger partial charge on any atom is 0.238 e. The summed E-state index contributed by atoms with van der Waals surface area (Å²) in [6, 6.07) is 0.396. The lowest BCUT2D eigenvalue weighted by atomic mass is 9.79. The second kappa shape index (κ2) is 3.64. The van der Waals surface area contributed by atoms with Gasteiger partial charge in [-0.25, -0.2) is 5.43 Å². The number of rotatable bonds is 3. The summed E-state index contributed by atoms with van der Waals surface area (Å²) < 4.78 is 0. The summed E-state index contributed by atoms with van der Waals surface area (Å²) in [6.45, 7) is 1.18. The molecule has 4 nitrogen and oxygen atoms in total. The molecule has 0 radical (unpaired) electrons. The first-order chi connectivity index (χ1) is 6.31. The maximum absolute atomic E-state index is 11.4. The van der Waals surface area contributed by atoms with Crippen molar-refractivity contribution in [3.8, 4) is 0 Å². The number of nitrogens with two attached hydrogens (primary N) is 1. The lowest BCUT2D eigenvalue weighted by molar-refractivity contribution is -0.129. The molecule has 0 spiro atoms. The van der Waals surface area contributed by atoms with E-state index in [4.69, 9.17) is 5.73 Å². The van der Waals surface area contributed by atoms with Crippen LogP contribution in [0.4, 0.5) is 0 Å². The Hall–Kier alpha value is -0.610. The summed E-state index contributed by atoms with van der Waals surface area (Å²) >= 11 is 0. The molecule has 1 saturated heterocycles. The van der Waals surface area contributed by atoms with Crippen LogP contribution in [-0.2, 0) is 4.79 Å². The smallest absolute Gasteiger partial charge is 0.238 e. The second-order valence-electron chi connectivity index (χ2n) is 3.96. The molecule has 0 aromatic rings. The summed E-state index contributed by atoms with van der Waals surface area (Å²) in [5.41, 5.74) is 8.65. The van der Waals surface area contributed by atoms with Crippen LogP contribution in [0.5, 0.6) is 0 Å². The Labute approximate surface area is 78.4 Å². The molecule has 1 saturated carbocycles. The van der Waals surface area contributed by atoms with E-state index in [-0.39, 0.29) is 5.91 Å². The Morgan fingerprint density at radius 2 is 2.31 bits per heavy atom. The third kappa shape index (κ3) is 1.69. The van der Waals surface area contributed by atoms with E-state index in [9.17, 15) is 4.79 Å². The largest absolute Gasteiger partial charge is 0.329 e. The Morgan fingerprint density at radius 3 is 2.85 bits per heavy atom. The molecule has 2 aliphatic rings. The highest BCUT2D eigenvalue weighted by Crippen LogP contribution is 2.32. The summed E-state index contributed by atoms with van der Waals surface area (Å²) in [4.78, 5) is 11.4. The first-order valence-electron chi connectivity index (χ1n) is 5.08. The van der Waals surface area contributed by atoms with Crippen molar-refractivity contribution < 1.29 is 4.79 Å². The van der Waals surface area contributed by atoms with Gasteiger partial charge in [-0.2, -0.15) is 0 Å². The molecule has 1 amide bonds. The second-order valence-corrected chi connectivity index (χ2v) is 3.96. The maximum atomic E-state index is 11.4. The van der Waals surface area contributed by atoms with Crippen LogP contribution in [0.3, 0.4) is 0 Å². The zero-order chi connectivity index (χ0) is 9.26. The Balaban J connectivity index is 1.86. The van der Waals surface area contributed by atoms with Gasteiger partial charge in [0, 0.05) is 25.6 Å². The zero-order valence-electron chi connectivity index (χ0n) is 7.83. The Morgan fingerprint density at radius 1 is 1.54 bits per heavy atom. The van der Waals surface area contributed by atoms with Gasteiger partial charge in [0.15, 0.2) is 0 Å². The van der Waals surface area contributed by atoms with Crippen molar-refractivity contribution in [1.82, 2.24) is 10.4 Å². The lowest BCUT2D eigenvalue weighted by Gasteiger charge is -2.31. The number of carbonyl (C=O) groups excluding carboxylic acids is 1. The van der Waals surface area contributed by atoms with Gasteiger partial charge in [0.25, 0.3) is 0 Å². The van der Waals surface area contributed by atoms with Crippen LogP contribution < -0.4 is 11.2 Å². The van der Waals surface area contributed by atoms with Gasteiger partial charge in [0.1, 0.15) is 0 Å². The van der Waals surface area contributed by atoms with E-state index in [0.29, 0.717) is 25.6 Å². The lowest BCUT2D eigenvalue weighted by Crippen LogP contribution is -2.44. The molecule has 1 heterocycles. The number of nitrogens with zero attached hydrogens (tertiary/aromatic N) is 1. The molecule has 1 aliphatic heterocycles. The molecule has 0 aromatic heterocycles. The minimum Gasteiger partial charge on any atom is -0.329 e. The number of hydrogen-bond acceptors (Lipinski definition) is 3. The standard InChI is InChI=1S/C9H17N3O/c10-4-5-12-9(13)6-8(11-12)7-2-1-3-7/h7-8,11H,1-6,10H2. The molecule has 1 unspecified atom stereocenters. The fourth-order valence-corrected chi connectivity index (χ4v) is 2.05. The van der Waals surface area contributed by atoms with Crippen molar-refractivity contribution in [2.75, 3.05) is 13.1 Å². The van der Waals surface area contributed by atoms with Crippen LogP contribution in [-0.4, -0.2) is 30.0 Å². The van der Waals surface area contributed by atoms with Crippen molar-refractivity contribution in [1.29, 1.82) is 0 Å². The predicted octanol–water partition coefficient (Wildman–Crippen LogP) is -0.149. The van der Waals surface area contributed by atoms with E-state index in [2.05, 4.69) is 5.43 Å². The third-order valence-electron chi connectivity index (χ3n) is 3.09. The highest BCUT2D eigenvalue weighted by Gasteiger charge is 2.36. The molecular weight excluding hydrogens is 166 g/mol. The van der Waals surface area contributed by atoms with Crippen LogP contribution in [0, 0.1) is 5.92 Å². The van der Waals surface area contributed by atoms with Gasteiger partial charge in [-0.3, -0.25) is 9.80 Å². The molecule has 1 aliphatic carbocycles. The summed E-state index contributed by atoms with van der Waals surface area (Å²) in [6.07, 6.45) is 4.56. The Bertz CT molecular complexity index is 203. The molecule has 74 valence electrons. The quantitative estimate of drug-likeness (QED) is 0.640. The number of nitrogens with one attached hydrogen (secondary N) is 1.